The van der Waals surface area contributed by atoms with Crippen molar-refractivity contribution in [2.24, 2.45) is 5.92 Å². The number of benzene rings is 1. The Bertz CT molecular complexity index is 474. The quantitative estimate of drug-likeness (QED) is 0.859. The van der Waals surface area contributed by atoms with E-state index in [1.165, 1.54) is 6.07 Å². The molecule has 5 heteroatoms. The van der Waals surface area contributed by atoms with Gasteiger partial charge in [-0.1, -0.05) is 6.07 Å². The van der Waals surface area contributed by atoms with Crippen LogP contribution in [0.2, 0.25) is 0 Å². The first-order valence-corrected chi connectivity index (χ1v) is 7.43. The third-order valence-corrected chi connectivity index (χ3v) is 4.72. The summed E-state index contributed by atoms with van der Waals surface area (Å²) in [6, 6.07) is 5.02. The van der Waals surface area contributed by atoms with Crippen LogP contribution in [0.1, 0.15) is 23.2 Å². The molecule has 1 aromatic carbocycles. The molecule has 2 atom stereocenters. The molecule has 0 saturated carbocycles. The second-order valence-electron chi connectivity index (χ2n) is 5.27. The van der Waals surface area contributed by atoms with E-state index in [-0.39, 0.29) is 11.5 Å². The van der Waals surface area contributed by atoms with Gasteiger partial charge in [0.2, 0.25) is 0 Å². The molecular weight excluding hydrogens is 311 g/mol. The van der Waals surface area contributed by atoms with Crippen molar-refractivity contribution in [2.45, 2.75) is 18.9 Å². The number of hydrogen-bond donors (Lipinski definition) is 1. The largest absolute Gasteiger partial charge is 0.337 e. The maximum Gasteiger partial charge on any atom is 0.258 e. The van der Waals surface area contributed by atoms with Crippen molar-refractivity contribution in [3.63, 3.8) is 0 Å². The molecule has 3 rings (SSSR count). The van der Waals surface area contributed by atoms with E-state index >= 15 is 0 Å². The van der Waals surface area contributed by atoms with Gasteiger partial charge >= 0.3 is 0 Å². The average molecular weight is 327 g/mol. The van der Waals surface area contributed by atoms with Crippen molar-refractivity contribution in [2.75, 3.05) is 19.6 Å². The Morgan fingerprint density at radius 1 is 1.42 bits per heavy atom. The van der Waals surface area contributed by atoms with Crippen LogP contribution >= 0.6 is 15.9 Å². The van der Waals surface area contributed by atoms with Crippen molar-refractivity contribution in [1.29, 1.82) is 0 Å². The summed E-state index contributed by atoms with van der Waals surface area (Å²) >= 11 is 3.27. The zero-order valence-electron chi connectivity index (χ0n) is 10.5. The van der Waals surface area contributed by atoms with Gasteiger partial charge in [0.05, 0.1) is 5.56 Å². The fourth-order valence-electron chi connectivity index (χ4n) is 3.07. The first-order valence-electron chi connectivity index (χ1n) is 6.63. The Kier molecular flexibility index (Phi) is 3.58. The van der Waals surface area contributed by atoms with Gasteiger partial charge in [-0.25, -0.2) is 4.39 Å². The van der Waals surface area contributed by atoms with Crippen molar-refractivity contribution >= 4 is 21.8 Å². The normalized spacial score (nSPS) is 26.3. The van der Waals surface area contributed by atoms with Crippen LogP contribution in [0.5, 0.6) is 0 Å². The summed E-state index contributed by atoms with van der Waals surface area (Å²) in [4.78, 5) is 14.2. The van der Waals surface area contributed by atoms with E-state index in [0.29, 0.717) is 23.0 Å². The van der Waals surface area contributed by atoms with E-state index in [1.807, 2.05) is 0 Å². The molecule has 2 fully saturated rings. The summed E-state index contributed by atoms with van der Waals surface area (Å²) in [5, 5.41) is 3.45. The SMILES string of the molecule is O=C(c1c(F)cccc1Br)N1CC2CCCNC2C1. The van der Waals surface area contributed by atoms with E-state index in [0.717, 1.165) is 25.9 Å². The molecule has 0 radical (unpaired) electrons. The molecule has 19 heavy (non-hydrogen) atoms. The highest BCUT2D eigenvalue weighted by atomic mass is 79.9. The van der Waals surface area contributed by atoms with Gasteiger partial charge in [-0.05, 0) is 53.4 Å². The predicted octanol–water partition coefficient (Wildman–Crippen LogP) is 2.41. The zero-order valence-corrected chi connectivity index (χ0v) is 12.1. The number of carbonyl (C=O) groups excluding carboxylic acids is 1. The Morgan fingerprint density at radius 3 is 3.00 bits per heavy atom. The van der Waals surface area contributed by atoms with E-state index in [4.69, 9.17) is 0 Å². The molecule has 2 unspecified atom stereocenters. The predicted molar refractivity (Wildman–Crippen MR) is 74.5 cm³/mol. The van der Waals surface area contributed by atoms with Crippen LogP contribution in [0.15, 0.2) is 22.7 Å². The summed E-state index contributed by atoms with van der Waals surface area (Å²) < 4.78 is 14.4. The molecule has 0 bridgehead atoms. The van der Waals surface area contributed by atoms with E-state index in [1.54, 1.807) is 17.0 Å². The zero-order chi connectivity index (χ0) is 13.4. The van der Waals surface area contributed by atoms with Crippen LogP contribution in [0.25, 0.3) is 0 Å². The van der Waals surface area contributed by atoms with Gasteiger partial charge in [0.25, 0.3) is 5.91 Å². The molecule has 1 amide bonds. The second kappa shape index (κ2) is 5.21. The molecule has 2 aliphatic heterocycles. The fraction of sp³-hybridized carbons (Fsp3) is 0.500. The summed E-state index contributed by atoms with van der Waals surface area (Å²) in [5.74, 6) is -0.147. The number of piperidine rings is 1. The third-order valence-electron chi connectivity index (χ3n) is 4.06. The van der Waals surface area contributed by atoms with Gasteiger partial charge in [0.15, 0.2) is 0 Å². The first kappa shape index (κ1) is 13.1. The number of halogens is 2. The number of fused-ring (bicyclic) bond motifs is 1. The highest BCUT2D eigenvalue weighted by Gasteiger charge is 2.37. The molecule has 0 spiro atoms. The number of nitrogens with zero attached hydrogens (tertiary/aromatic N) is 1. The van der Waals surface area contributed by atoms with Crippen molar-refractivity contribution in [3.05, 3.63) is 34.1 Å². The van der Waals surface area contributed by atoms with Crippen molar-refractivity contribution < 1.29 is 9.18 Å². The Hall–Kier alpha value is -0.940. The van der Waals surface area contributed by atoms with Crippen LogP contribution in [-0.4, -0.2) is 36.5 Å². The third kappa shape index (κ3) is 2.41. The molecule has 1 aromatic rings. The molecule has 0 aliphatic carbocycles. The van der Waals surface area contributed by atoms with Crippen LogP contribution in [0.3, 0.4) is 0 Å². The monoisotopic (exact) mass is 326 g/mol. The van der Waals surface area contributed by atoms with E-state index in [9.17, 15) is 9.18 Å². The van der Waals surface area contributed by atoms with Gasteiger partial charge < -0.3 is 10.2 Å². The average Bonchev–Trinajstić information content (AvgIpc) is 2.82. The summed E-state index contributed by atoms with van der Waals surface area (Å²) in [7, 11) is 0. The molecule has 3 nitrogen and oxygen atoms in total. The van der Waals surface area contributed by atoms with Gasteiger partial charge in [-0.15, -0.1) is 0 Å². The molecule has 2 heterocycles. The lowest BCUT2D eigenvalue weighted by atomic mass is 9.94. The molecule has 102 valence electrons. The number of carbonyl (C=O) groups is 1. The first-order chi connectivity index (χ1) is 9.16. The molecule has 2 saturated heterocycles. The minimum absolute atomic E-state index is 0.154. The van der Waals surface area contributed by atoms with E-state index in [2.05, 4.69) is 21.2 Å². The molecule has 1 N–H and O–H groups in total. The standard InChI is InChI=1S/C14H16BrFN2O/c15-10-4-1-5-11(16)13(10)14(19)18-7-9-3-2-6-17-12(9)8-18/h1,4-5,9,12,17H,2-3,6-8H2. The van der Waals surface area contributed by atoms with Gasteiger partial charge in [-0.3, -0.25) is 4.79 Å². The van der Waals surface area contributed by atoms with Crippen LogP contribution in [-0.2, 0) is 0 Å². The Morgan fingerprint density at radius 2 is 2.26 bits per heavy atom. The number of rotatable bonds is 1. The van der Waals surface area contributed by atoms with Crippen LogP contribution in [0.4, 0.5) is 4.39 Å². The number of amides is 1. The lowest BCUT2D eigenvalue weighted by molar-refractivity contribution is 0.0780. The fourth-order valence-corrected chi connectivity index (χ4v) is 3.58. The van der Waals surface area contributed by atoms with Gasteiger partial charge in [-0.2, -0.15) is 0 Å². The van der Waals surface area contributed by atoms with Crippen LogP contribution < -0.4 is 5.32 Å². The summed E-state index contributed by atoms with van der Waals surface area (Å²) in [6.45, 7) is 2.44. The summed E-state index contributed by atoms with van der Waals surface area (Å²) in [5.41, 5.74) is 0.154. The molecule has 0 aromatic heterocycles. The van der Waals surface area contributed by atoms with Crippen LogP contribution in [0, 0.1) is 11.7 Å². The van der Waals surface area contributed by atoms with Crippen molar-refractivity contribution in [3.8, 4) is 0 Å². The topological polar surface area (TPSA) is 32.3 Å². The molecular formula is C14H16BrFN2O. The smallest absolute Gasteiger partial charge is 0.258 e. The second-order valence-corrected chi connectivity index (χ2v) is 6.12. The minimum atomic E-state index is -0.456. The maximum absolute atomic E-state index is 13.8. The van der Waals surface area contributed by atoms with E-state index < -0.39 is 5.82 Å². The molecule has 2 aliphatic rings. The Balaban J connectivity index is 1.81. The number of hydrogen-bond acceptors (Lipinski definition) is 2. The lowest BCUT2D eigenvalue weighted by Crippen LogP contribution is -2.41. The maximum atomic E-state index is 13.8. The van der Waals surface area contributed by atoms with Gasteiger partial charge in [0.1, 0.15) is 5.82 Å². The highest BCUT2D eigenvalue weighted by Crippen LogP contribution is 2.28. The highest BCUT2D eigenvalue weighted by molar-refractivity contribution is 9.10. The minimum Gasteiger partial charge on any atom is -0.337 e. The number of nitrogens with one attached hydrogen (secondary N) is 1. The summed E-state index contributed by atoms with van der Waals surface area (Å²) in [6.07, 6.45) is 2.31. The lowest BCUT2D eigenvalue weighted by Gasteiger charge is -2.24. The number of likely N-dealkylation sites (tertiary alicyclic amines) is 1. The van der Waals surface area contributed by atoms with Crippen molar-refractivity contribution in [1.82, 2.24) is 10.2 Å². The Labute approximate surface area is 120 Å². The van der Waals surface area contributed by atoms with Gasteiger partial charge in [0, 0.05) is 23.6 Å².